The van der Waals surface area contributed by atoms with Crippen molar-refractivity contribution >= 4 is 11.9 Å². The third-order valence-electron chi connectivity index (χ3n) is 17.8. The van der Waals surface area contributed by atoms with Gasteiger partial charge >= 0.3 is 5.97 Å². The Labute approximate surface area is 513 Å². The van der Waals surface area contributed by atoms with E-state index < -0.39 is 12.1 Å². The molecule has 0 aliphatic carbocycles. The Morgan fingerprint density at radius 1 is 0.341 bits per heavy atom. The topological polar surface area (TPSA) is 95.9 Å². The van der Waals surface area contributed by atoms with Gasteiger partial charge in [-0.3, -0.25) is 9.59 Å². The maximum Gasteiger partial charge on any atom is 0.305 e. The maximum atomic E-state index is 12.5. The van der Waals surface area contributed by atoms with Crippen LogP contribution in [0, 0.1) is 0 Å². The molecule has 6 heteroatoms. The number of hydrogen-bond acceptors (Lipinski definition) is 5. The third-order valence-corrected chi connectivity index (χ3v) is 17.8. The SMILES string of the molecule is CCCCCCCCCCCCCCCC(=O)OCCCCCCCCCCCCCCCCC/C=C\C/C=C\CCCCCCCCCCCCCCCCCCCC(=O)NC(CO)C(O)CCCCCCCCCCCCCCC. The van der Waals surface area contributed by atoms with Gasteiger partial charge in [0.1, 0.15) is 0 Å². The van der Waals surface area contributed by atoms with Crippen LogP contribution in [0.15, 0.2) is 24.3 Å². The smallest absolute Gasteiger partial charge is 0.305 e. The third kappa shape index (κ3) is 67.5. The summed E-state index contributed by atoms with van der Waals surface area (Å²) in [5.41, 5.74) is 0. The minimum Gasteiger partial charge on any atom is -0.466 e. The van der Waals surface area contributed by atoms with Crippen molar-refractivity contribution in [2.75, 3.05) is 13.2 Å². The molecule has 0 aromatic rings. The number of rotatable bonds is 71. The monoisotopic (exact) mass is 1150 g/mol. The first-order valence-corrected chi connectivity index (χ1v) is 37.6. The van der Waals surface area contributed by atoms with E-state index in [0.29, 0.717) is 25.9 Å². The van der Waals surface area contributed by atoms with Crippen LogP contribution in [0.1, 0.15) is 425 Å². The fraction of sp³-hybridized carbons (Fsp3) is 0.921. The lowest BCUT2D eigenvalue weighted by molar-refractivity contribution is -0.143. The number of amides is 1. The van der Waals surface area contributed by atoms with E-state index in [-0.39, 0.29) is 18.5 Å². The largest absolute Gasteiger partial charge is 0.466 e. The number of carbonyl (C=O) groups is 2. The molecule has 0 aliphatic heterocycles. The summed E-state index contributed by atoms with van der Waals surface area (Å²) in [6.45, 7) is 4.99. The van der Waals surface area contributed by atoms with Gasteiger partial charge in [-0.25, -0.2) is 0 Å². The highest BCUT2D eigenvalue weighted by Crippen LogP contribution is 2.19. The molecule has 0 aromatic carbocycles. The quantitative estimate of drug-likeness (QED) is 0.0320. The second-order valence-electron chi connectivity index (χ2n) is 26.0. The zero-order valence-corrected chi connectivity index (χ0v) is 55.8. The maximum absolute atomic E-state index is 12.5. The minimum atomic E-state index is -0.661. The fourth-order valence-electron chi connectivity index (χ4n) is 12.0. The van der Waals surface area contributed by atoms with Gasteiger partial charge in [0.2, 0.25) is 5.91 Å². The van der Waals surface area contributed by atoms with Crippen molar-refractivity contribution < 1.29 is 24.5 Å². The van der Waals surface area contributed by atoms with Gasteiger partial charge in [0.25, 0.3) is 0 Å². The van der Waals surface area contributed by atoms with E-state index in [1.54, 1.807) is 0 Å². The number of aliphatic hydroxyl groups excluding tert-OH is 2. The van der Waals surface area contributed by atoms with E-state index in [1.807, 2.05) is 0 Å². The normalized spacial score (nSPS) is 12.6. The van der Waals surface area contributed by atoms with Crippen LogP contribution in [-0.2, 0) is 14.3 Å². The highest BCUT2D eigenvalue weighted by molar-refractivity contribution is 5.76. The van der Waals surface area contributed by atoms with Crippen LogP contribution in [0.2, 0.25) is 0 Å². The summed E-state index contributed by atoms with van der Waals surface area (Å²) in [6.07, 6.45) is 91.2. The first kappa shape index (κ1) is 80.3. The Kier molecular flexibility index (Phi) is 70.4. The van der Waals surface area contributed by atoms with Crippen LogP contribution in [0.4, 0.5) is 0 Å². The van der Waals surface area contributed by atoms with Crippen molar-refractivity contribution in [3.8, 4) is 0 Å². The number of allylic oxidation sites excluding steroid dienone is 4. The number of aliphatic hydroxyl groups is 2. The molecule has 3 N–H and O–H groups in total. The summed E-state index contributed by atoms with van der Waals surface area (Å²) >= 11 is 0. The highest BCUT2D eigenvalue weighted by Gasteiger charge is 2.20. The molecule has 0 bridgehead atoms. The van der Waals surface area contributed by atoms with Crippen LogP contribution >= 0.6 is 0 Å². The van der Waals surface area contributed by atoms with Gasteiger partial charge in [0.15, 0.2) is 0 Å². The molecule has 0 fully saturated rings. The van der Waals surface area contributed by atoms with Gasteiger partial charge in [-0.15, -0.1) is 0 Å². The highest BCUT2D eigenvalue weighted by atomic mass is 16.5. The molecule has 0 rings (SSSR count). The molecule has 6 nitrogen and oxygen atoms in total. The van der Waals surface area contributed by atoms with E-state index in [2.05, 4.69) is 43.5 Å². The van der Waals surface area contributed by atoms with Gasteiger partial charge in [0, 0.05) is 12.8 Å². The Bertz CT molecular complexity index is 1280. The molecular formula is C76H147NO5. The van der Waals surface area contributed by atoms with Crippen molar-refractivity contribution in [1.82, 2.24) is 5.32 Å². The van der Waals surface area contributed by atoms with Crippen LogP contribution < -0.4 is 5.32 Å². The lowest BCUT2D eigenvalue weighted by Crippen LogP contribution is -2.45. The van der Waals surface area contributed by atoms with Crippen molar-refractivity contribution in [2.45, 2.75) is 437 Å². The van der Waals surface area contributed by atoms with Gasteiger partial charge in [-0.05, 0) is 57.8 Å². The second kappa shape index (κ2) is 71.8. The summed E-state index contributed by atoms with van der Waals surface area (Å²) < 4.78 is 5.49. The Hall–Kier alpha value is -1.66. The number of nitrogens with one attached hydrogen (secondary N) is 1. The minimum absolute atomic E-state index is 0.0225. The predicted octanol–water partition coefficient (Wildman–Crippen LogP) is 24.5. The van der Waals surface area contributed by atoms with Crippen LogP contribution in [0.25, 0.3) is 0 Å². The molecule has 0 aromatic heterocycles. The number of carbonyl (C=O) groups excluding carboxylic acids is 2. The summed E-state index contributed by atoms with van der Waals surface area (Å²) in [5, 5.41) is 23.3. The molecule has 2 unspecified atom stereocenters. The Morgan fingerprint density at radius 3 is 0.927 bits per heavy atom. The van der Waals surface area contributed by atoms with E-state index >= 15 is 0 Å². The zero-order valence-electron chi connectivity index (χ0n) is 55.8. The average Bonchev–Trinajstić information content (AvgIpc) is 3.48. The molecule has 0 aliphatic rings. The number of esters is 1. The fourth-order valence-corrected chi connectivity index (χ4v) is 12.0. The standard InChI is InChI=1S/C76H147NO5/c1-3-5-7-9-11-13-15-44-48-52-56-60-64-68-74(79)73(72-78)77-75(80)69-65-61-57-53-49-46-42-40-38-36-34-32-30-28-26-24-22-20-18-17-19-21-23-25-27-29-31-33-35-37-39-41-43-47-51-55-59-63-67-71-82-76(81)70-66-62-58-54-50-45-16-14-12-10-8-6-4-2/h17-18,21,23,73-74,78-79H,3-16,19-20,22,24-72H2,1-2H3,(H,77,80)/b18-17-,23-21-. The zero-order chi connectivity index (χ0) is 59.2. The molecule has 486 valence electrons. The summed E-state index contributed by atoms with van der Waals surface area (Å²) in [6, 6.07) is -0.538. The molecule has 2 atom stereocenters. The van der Waals surface area contributed by atoms with Gasteiger partial charge in [-0.1, -0.05) is 378 Å². The van der Waals surface area contributed by atoms with E-state index in [4.69, 9.17) is 4.74 Å². The predicted molar refractivity (Wildman–Crippen MR) is 361 cm³/mol. The van der Waals surface area contributed by atoms with E-state index in [0.717, 1.165) is 44.9 Å². The number of hydrogen-bond donors (Lipinski definition) is 3. The molecular weight excluding hydrogens is 1010 g/mol. The first-order chi connectivity index (χ1) is 40.5. The summed E-state index contributed by atoms with van der Waals surface area (Å²) in [4.78, 5) is 24.5. The van der Waals surface area contributed by atoms with Crippen molar-refractivity contribution in [3.05, 3.63) is 24.3 Å². The van der Waals surface area contributed by atoms with Crippen LogP contribution in [-0.4, -0.2) is 47.4 Å². The van der Waals surface area contributed by atoms with Gasteiger partial charge < -0.3 is 20.3 Å². The molecule has 0 heterocycles. The molecule has 0 spiro atoms. The van der Waals surface area contributed by atoms with Crippen LogP contribution in [0.3, 0.4) is 0 Å². The average molecular weight is 1160 g/mol. The number of ether oxygens (including phenoxy) is 1. The molecule has 0 saturated heterocycles. The van der Waals surface area contributed by atoms with E-state index in [9.17, 15) is 19.8 Å². The van der Waals surface area contributed by atoms with Gasteiger partial charge in [0.05, 0.1) is 25.4 Å². The van der Waals surface area contributed by atoms with Crippen molar-refractivity contribution in [3.63, 3.8) is 0 Å². The lowest BCUT2D eigenvalue weighted by Gasteiger charge is -2.22. The molecule has 1 amide bonds. The Balaban J connectivity index is 3.33. The summed E-state index contributed by atoms with van der Waals surface area (Å²) in [5.74, 6) is -0.00699. The Morgan fingerprint density at radius 2 is 0.610 bits per heavy atom. The first-order valence-electron chi connectivity index (χ1n) is 37.6. The molecule has 0 saturated carbocycles. The van der Waals surface area contributed by atoms with Gasteiger partial charge in [-0.2, -0.15) is 0 Å². The van der Waals surface area contributed by atoms with Crippen LogP contribution in [0.5, 0.6) is 0 Å². The van der Waals surface area contributed by atoms with Crippen molar-refractivity contribution in [1.29, 1.82) is 0 Å². The lowest BCUT2D eigenvalue weighted by atomic mass is 10.0. The molecule has 82 heavy (non-hydrogen) atoms. The molecule has 0 radical (unpaired) electrons. The second-order valence-corrected chi connectivity index (χ2v) is 26.0. The number of unbranched alkanes of at least 4 members (excludes halogenated alkanes) is 56. The van der Waals surface area contributed by atoms with E-state index in [1.165, 1.54) is 347 Å². The van der Waals surface area contributed by atoms with Crippen molar-refractivity contribution in [2.24, 2.45) is 0 Å². The summed E-state index contributed by atoms with van der Waals surface area (Å²) in [7, 11) is 0.